The summed E-state index contributed by atoms with van der Waals surface area (Å²) in [6.45, 7) is 3.18. The first kappa shape index (κ1) is 25.7. The van der Waals surface area contributed by atoms with Crippen LogP contribution in [0.25, 0.3) is 10.9 Å². The van der Waals surface area contributed by atoms with E-state index in [1.54, 1.807) is 0 Å². The highest BCUT2D eigenvalue weighted by molar-refractivity contribution is 6.31. The summed E-state index contributed by atoms with van der Waals surface area (Å²) in [5, 5.41) is 12.2. The van der Waals surface area contributed by atoms with Crippen molar-refractivity contribution in [3.63, 3.8) is 0 Å². The maximum absolute atomic E-state index is 13.9. The fourth-order valence-electron chi connectivity index (χ4n) is 7.17. The molecule has 6 nitrogen and oxygen atoms in total. The standard InChI is InChI=1S/C28H37ClFN3O3/c1-19(13-20-7-3-2-4-8-20)25(34)32-12-11-28(36,27(16-32)9-5-6-10-27)17-33-18-31-24-15-23(30)22(29)14-21(24)26(33)35/h14-15,18-20,36H,2-13,16-17H2,1H3/t19-,28?/m1/s1. The Morgan fingerprint density at radius 1 is 1.19 bits per heavy atom. The Hall–Kier alpha value is -1.99. The van der Waals surface area contributed by atoms with E-state index < -0.39 is 16.8 Å². The number of halogens is 2. The number of carbonyl (C=O) groups excluding carboxylic acids is 1. The van der Waals surface area contributed by atoms with E-state index in [-0.39, 0.29) is 39.9 Å². The van der Waals surface area contributed by atoms with Gasteiger partial charge in [-0.25, -0.2) is 9.37 Å². The van der Waals surface area contributed by atoms with E-state index in [1.165, 1.54) is 49.1 Å². The van der Waals surface area contributed by atoms with Gasteiger partial charge in [0.25, 0.3) is 5.56 Å². The molecule has 36 heavy (non-hydrogen) atoms. The first-order chi connectivity index (χ1) is 17.2. The van der Waals surface area contributed by atoms with Crippen molar-refractivity contribution in [2.24, 2.45) is 17.3 Å². The number of amides is 1. The number of benzene rings is 1. The molecule has 1 saturated heterocycles. The molecule has 3 aliphatic rings. The van der Waals surface area contributed by atoms with Gasteiger partial charge in [0, 0.05) is 30.5 Å². The first-order valence-corrected chi connectivity index (χ1v) is 13.9. The lowest BCUT2D eigenvalue weighted by molar-refractivity contribution is -0.163. The maximum atomic E-state index is 13.9. The molecule has 0 radical (unpaired) electrons. The van der Waals surface area contributed by atoms with Crippen LogP contribution in [0.5, 0.6) is 0 Å². The van der Waals surface area contributed by atoms with E-state index in [1.807, 2.05) is 4.90 Å². The molecule has 196 valence electrons. The van der Waals surface area contributed by atoms with E-state index in [0.717, 1.165) is 38.2 Å². The van der Waals surface area contributed by atoms with Crippen LogP contribution < -0.4 is 5.56 Å². The fourth-order valence-corrected chi connectivity index (χ4v) is 7.33. The van der Waals surface area contributed by atoms with Gasteiger partial charge in [-0.15, -0.1) is 0 Å². The molecular formula is C28H37ClFN3O3. The van der Waals surface area contributed by atoms with Crippen molar-refractivity contribution in [1.82, 2.24) is 14.5 Å². The van der Waals surface area contributed by atoms with Crippen molar-refractivity contribution >= 4 is 28.4 Å². The van der Waals surface area contributed by atoms with Crippen LogP contribution in [0.2, 0.25) is 5.02 Å². The molecule has 1 amide bonds. The Labute approximate surface area is 216 Å². The van der Waals surface area contributed by atoms with Crippen LogP contribution in [-0.2, 0) is 11.3 Å². The Morgan fingerprint density at radius 3 is 2.64 bits per heavy atom. The molecule has 5 rings (SSSR count). The predicted molar refractivity (Wildman–Crippen MR) is 138 cm³/mol. The lowest BCUT2D eigenvalue weighted by atomic mass is 9.65. The normalized spacial score (nSPS) is 25.5. The van der Waals surface area contributed by atoms with Crippen molar-refractivity contribution < 1.29 is 14.3 Å². The second-order valence-electron chi connectivity index (χ2n) is 11.6. The summed E-state index contributed by atoms with van der Waals surface area (Å²) >= 11 is 5.92. The molecule has 1 spiro atoms. The van der Waals surface area contributed by atoms with Crippen LogP contribution in [0.3, 0.4) is 0 Å². The Bertz CT molecular complexity index is 1190. The largest absolute Gasteiger partial charge is 0.387 e. The summed E-state index contributed by atoms with van der Waals surface area (Å²) in [5.74, 6) is 0.228. The lowest BCUT2D eigenvalue weighted by Gasteiger charge is -2.52. The highest BCUT2D eigenvalue weighted by atomic mass is 35.5. The average Bonchev–Trinajstić information content (AvgIpc) is 3.34. The topological polar surface area (TPSA) is 75.4 Å². The minimum atomic E-state index is -1.13. The van der Waals surface area contributed by atoms with Crippen LogP contribution in [0.4, 0.5) is 4.39 Å². The van der Waals surface area contributed by atoms with Crippen LogP contribution in [-0.4, -0.2) is 44.2 Å². The monoisotopic (exact) mass is 517 g/mol. The molecule has 2 aromatic rings. The Kier molecular flexibility index (Phi) is 7.16. The van der Waals surface area contributed by atoms with Crippen LogP contribution in [0.15, 0.2) is 23.3 Å². The second kappa shape index (κ2) is 10.1. The van der Waals surface area contributed by atoms with Crippen molar-refractivity contribution in [2.75, 3.05) is 13.1 Å². The van der Waals surface area contributed by atoms with Crippen molar-refractivity contribution in [2.45, 2.75) is 89.7 Å². The molecule has 2 heterocycles. The average molecular weight is 518 g/mol. The van der Waals surface area contributed by atoms with Crippen molar-refractivity contribution in [3.05, 3.63) is 39.7 Å². The van der Waals surface area contributed by atoms with E-state index in [9.17, 15) is 19.1 Å². The van der Waals surface area contributed by atoms with Crippen molar-refractivity contribution in [3.8, 4) is 0 Å². The number of nitrogens with zero attached hydrogens (tertiary/aromatic N) is 3. The van der Waals surface area contributed by atoms with E-state index in [2.05, 4.69) is 11.9 Å². The Morgan fingerprint density at radius 2 is 1.92 bits per heavy atom. The number of fused-ring (bicyclic) bond motifs is 1. The third-order valence-electron chi connectivity index (χ3n) is 9.28. The minimum absolute atomic E-state index is 0.00445. The minimum Gasteiger partial charge on any atom is -0.387 e. The van der Waals surface area contributed by atoms with Gasteiger partial charge >= 0.3 is 0 Å². The van der Waals surface area contributed by atoms with Gasteiger partial charge in [0.2, 0.25) is 5.91 Å². The fraction of sp³-hybridized carbons (Fsp3) is 0.679. The van der Waals surface area contributed by atoms with Gasteiger partial charge in [-0.05, 0) is 37.7 Å². The summed E-state index contributed by atoms with van der Waals surface area (Å²) in [6.07, 6.45) is 12.7. The number of hydrogen-bond acceptors (Lipinski definition) is 4. The SMILES string of the molecule is C[C@H](CC1CCCCC1)C(=O)N1CCC(O)(Cn2cnc3cc(F)c(Cl)cc3c2=O)C2(CCCC2)C1. The summed E-state index contributed by atoms with van der Waals surface area (Å²) in [6, 6.07) is 2.47. The van der Waals surface area contributed by atoms with Gasteiger partial charge < -0.3 is 10.0 Å². The molecule has 2 atom stereocenters. The third kappa shape index (κ3) is 4.69. The zero-order valence-electron chi connectivity index (χ0n) is 21.1. The zero-order chi connectivity index (χ0) is 25.5. The highest BCUT2D eigenvalue weighted by Crippen LogP contribution is 2.51. The maximum Gasteiger partial charge on any atom is 0.261 e. The van der Waals surface area contributed by atoms with E-state index >= 15 is 0 Å². The van der Waals surface area contributed by atoms with Gasteiger partial charge in [-0.3, -0.25) is 14.2 Å². The summed E-state index contributed by atoms with van der Waals surface area (Å²) < 4.78 is 15.3. The molecule has 1 aliphatic heterocycles. The molecule has 1 N–H and O–H groups in total. The second-order valence-corrected chi connectivity index (χ2v) is 12.0. The number of aromatic nitrogens is 2. The van der Waals surface area contributed by atoms with Gasteiger partial charge in [0.1, 0.15) is 5.82 Å². The summed E-state index contributed by atoms with van der Waals surface area (Å²) in [4.78, 5) is 33.0. The zero-order valence-corrected chi connectivity index (χ0v) is 21.9. The van der Waals surface area contributed by atoms with Gasteiger partial charge in [0.05, 0.1) is 34.4 Å². The molecule has 2 saturated carbocycles. The molecule has 8 heteroatoms. The van der Waals surface area contributed by atoms with E-state index in [0.29, 0.717) is 25.4 Å². The van der Waals surface area contributed by atoms with Crippen molar-refractivity contribution in [1.29, 1.82) is 0 Å². The molecule has 3 fully saturated rings. The highest BCUT2D eigenvalue weighted by Gasteiger charge is 2.55. The van der Waals surface area contributed by atoms with E-state index in [4.69, 9.17) is 11.6 Å². The van der Waals surface area contributed by atoms with Crippen LogP contribution in [0, 0.1) is 23.1 Å². The molecular weight excluding hydrogens is 481 g/mol. The predicted octanol–water partition coefficient (Wildman–Crippen LogP) is 5.32. The third-order valence-corrected chi connectivity index (χ3v) is 9.57. The molecule has 2 aliphatic carbocycles. The number of carbonyl (C=O) groups is 1. The van der Waals surface area contributed by atoms with Crippen LogP contribution >= 0.6 is 11.6 Å². The number of hydrogen-bond donors (Lipinski definition) is 1. The molecule has 1 aromatic carbocycles. The number of piperidine rings is 1. The van der Waals surface area contributed by atoms with Gasteiger partial charge in [0.15, 0.2) is 0 Å². The van der Waals surface area contributed by atoms with Gasteiger partial charge in [-0.2, -0.15) is 0 Å². The quantitative estimate of drug-likeness (QED) is 0.582. The summed E-state index contributed by atoms with van der Waals surface area (Å²) in [5.41, 5.74) is -1.67. The number of likely N-dealkylation sites (tertiary alicyclic amines) is 1. The molecule has 0 bridgehead atoms. The van der Waals surface area contributed by atoms with Crippen LogP contribution in [0.1, 0.15) is 77.6 Å². The summed E-state index contributed by atoms with van der Waals surface area (Å²) in [7, 11) is 0. The number of rotatable bonds is 5. The first-order valence-electron chi connectivity index (χ1n) is 13.6. The molecule has 1 aromatic heterocycles. The molecule has 1 unspecified atom stereocenters. The Balaban J connectivity index is 1.36. The lowest BCUT2D eigenvalue weighted by Crippen LogP contribution is -2.62. The van der Waals surface area contributed by atoms with Gasteiger partial charge in [-0.1, -0.05) is 63.5 Å². The number of aliphatic hydroxyl groups is 1. The smallest absolute Gasteiger partial charge is 0.261 e.